The van der Waals surface area contributed by atoms with Crippen LogP contribution in [0.3, 0.4) is 0 Å². The zero-order valence-corrected chi connectivity index (χ0v) is 13.6. The van der Waals surface area contributed by atoms with Crippen molar-refractivity contribution < 1.29 is 9.59 Å². The first-order valence-corrected chi connectivity index (χ1v) is 8.33. The van der Waals surface area contributed by atoms with Crippen LogP contribution in [0, 0.1) is 0 Å². The standard InChI is InChI=1S/C18H22N4O2/c19-9-11-21(13-14-6-2-1-3-7-14)18(24)15-12-16-17(23)8-4-5-10-22(16)20-15/h1-3,6-7,12H,4-5,8-11,13,19H2. The Hall–Kier alpha value is -2.47. The van der Waals surface area contributed by atoms with Crippen LogP contribution in [0.4, 0.5) is 0 Å². The second kappa shape index (κ2) is 7.40. The first-order valence-electron chi connectivity index (χ1n) is 8.33. The normalized spacial score (nSPS) is 14.1. The van der Waals surface area contributed by atoms with Crippen LogP contribution < -0.4 is 5.73 Å². The molecule has 6 nitrogen and oxygen atoms in total. The lowest BCUT2D eigenvalue weighted by Crippen LogP contribution is -2.35. The summed E-state index contributed by atoms with van der Waals surface area (Å²) in [6.07, 6.45) is 2.30. The molecule has 0 aliphatic carbocycles. The summed E-state index contributed by atoms with van der Waals surface area (Å²) in [5, 5.41) is 4.37. The van der Waals surface area contributed by atoms with Crippen molar-refractivity contribution in [2.45, 2.75) is 32.4 Å². The third-order valence-corrected chi connectivity index (χ3v) is 4.21. The van der Waals surface area contributed by atoms with Crippen LogP contribution in [0.2, 0.25) is 0 Å². The topological polar surface area (TPSA) is 81.2 Å². The van der Waals surface area contributed by atoms with Gasteiger partial charge in [-0.05, 0) is 18.4 Å². The molecule has 2 N–H and O–H groups in total. The first kappa shape index (κ1) is 16.4. The van der Waals surface area contributed by atoms with Crippen molar-refractivity contribution in [1.82, 2.24) is 14.7 Å². The molecule has 1 aliphatic rings. The summed E-state index contributed by atoms with van der Waals surface area (Å²) in [6.45, 7) is 1.99. The van der Waals surface area contributed by atoms with Crippen molar-refractivity contribution in [3.8, 4) is 0 Å². The number of nitrogens with two attached hydrogens (primary N) is 1. The molecule has 6 heteroatoms. The van der Waals surface area contributed by atoms with Gasteiger partial charge in [-0.15, -0.1) is 0 Å². The van der Waals surface area contributed by atoms with Gasteiger partial charge in [-0.2, -0.15) is 5.10 Å². The van der Waals surface area contributed by atoms with Crippen molar-refractivity contribution in [2.75, 3.05) is 13.1 Å². The van der Waals surface area contributed by atoms with E-state index in [2.05, 4.69) is 5.10 Å². The number of Topliss-reactive ketones (excluding diaryl/α,β-unsaturated/α-hetero) is 1. The quantitative estimate of drug-likeness (QED) is 0.909. The van der Waals surface area contributed by atoms with E-state index < -0.39 is 0 Å². The summed E-state index contributed by atoms with van der Waals surface area (Å²) in [4.78, 5) is 26.6. The molecule has 3 rings (SSSR count). The number of rotatable bonds is 5. The smallest absolute Gasteiger partial charge is 0.274 e. The highest BCUT2D eigenvalue weighted by Gasteiger charge is 2.24. The van der Waals surface area contributed by atoms with Gasteiger partial charge in [-0.1, -0.05) is 30.3 Å². The van der Waals surface area contributed by atoms with Gasteiger partial charge in [-0.25, -0.2) is 0 Å². The second-order valence-electron chi connectivity index (χ2n) is 6.02. The van der Waals surface area contributed by atoms with Gasteiger partial charge in [0.15, 0.2) is 11.5 Å². The molecule has 2 heterocycles. The van der Waals surface area contributed by atoms with Gasteiger partial charge in [0.05, 0.1) is 0 Å². The number of nitrogens with zero attached hydrogens (tertiary/aromatic N) is 3. The summed E-state index contributed by atoms with van der Waals surface area (Å²) in [6, 6.07) is 11.4. The molecule has 0 radical (unpaired) electrons. The minimum Gasteiger partial charge on any atom is -0.332 e. The van der Waals surface area contributed by atoms with Crippen molar-refractivity contribution in [3.63, 3.8) is 0 Å². The Labute approximate surface area is 141 Å². The zero-order valence-electron chi connectivity index (χ0n) is 13.6. The van der Waals surface area contributed by atoms with Crippen molar-refractivity contribution in [2.24, 2.45) is 5.73 Å². The van der Waals surface area contributed by atoms with Gasteiger partial charge in [0, 0.05) is 38.7 Å². The maximum atomic E-state index is 12.8. The molecule has 0 fully saturated rings. The molecule has 0 saturated heterocycles. The SMILES string of the molecule is NCCN(Cc1ccccc1)C(=O)c1cc2n(n1)CCCCC2=O. The summed E-state index contributed by atoms with van der Waals surface area (Å²) < 4.78 is 1.67. The lowest BCUT2D eigenvalue weighted by Gasteiger charge is -2.21. The largest absolute Gasteiger partial charge is 0.332 e. The number of aromatic nitrogens is 2. The number of amides is 1. The van der Waals surface area contributed by atoms with Crippen LogP contribution in [0.15, 0.2) is 36.4 Å². The molecule has 24 heavy (non-hydrogen) atoms. The zero-order chi connectivity index (χ0) is 16.9. The molecule has 2 aromatic rings. The summed E-state index contributed by atoms with van der Waals surface area (Å²) in [7, 11) is 0. The van der Waals surface area contributed by atoms with Gasteiger partial charge in [0.2, 0.25) is 0 Å². The highest BCUT2D eigenvalue weighted by molar-refractivity contribution is 5.99. The lowest BCUT2D eigenvalue weighted by molar-refractivity contribution is 0.0741. The Balaban J connectivity index is 1.82. The molecule has 0 bridgehead atoms. The molecule has 1 aromatic heterocycles. The maximum absolute atomic E-state index is 12.8. The molecule has 0 spiro atoms. The highest BCUT2D eigenvalue weighted by atomic mass is 16.2. The molecule has 1 amide bonds. The van der Waals surface area contributed by atoms with Gasteiger partial charge in [0.1, 0.15) is 5.69 Å². The van der Waals surface area contributed by atoms with E-state index in [0.717, 1.165) is 18.4 Å². The minimum absolute atomic E-state index is 0.0625. The van der Waals surface area contributed by atoms with E-state index in [4.69, 9.17) is 5.73 Å². The third kappa shape index (κ3) is 3.54. The number of carbonyl (C=O) groups excluding carboxylic acids is 2. The summed E-state index contributed by atoms with van der Waals surface area (Å²) in [5.74, 6) is -0.120. The van der Waals surface area contributed by atoms with Gasteiger partial charge >= 0.3 is 0 Å². The van der Waals surface area contributed by atoms with E-state index in [1.165, 1.54) is 0 Å². The summed E-state index contributed by atoms with van der Waals surface area (Å²) in [5.41, 5.74) is 7.57. The fourth-order valence-corrected chi connectivity index (χ4v) is 2.97. The molecular weight excluding hydrogens is 304 g/mol. The number of hydrogen-bond donors (Lipinski definition) is 1. The number of fused-ring (bicyclic) bond motifs is 1. The van der Waals surface area contributed by atoms with Crippen LogP contribution in [0.5, 0.6) is 0 Å². The van der Waals surface area contributed by atoms with E-state index in [0.29, 0.717) is 44.0 Å². The maximum Gasteiger partial charge on any atom is 0.274 e. The van der Waals surface area contributed by atoms with E-state index in [9.17, 15) is 9.59 Å². The van der Waals surface area contributed by atoms with Crippen LogP contribution in [0.25, 0.3) is 0 Å². The number of carbonyl (C=O) groups is 2. The average Bonchev–Trinajstić information content (AvgIpc) is 2.95. The van der Waals surface area contributed by atoms with Gasteiger partial charge in [-0.3, -0.25) is 14.3 Å². The van der Waals surface area contributed by atoms with Crippen molar-refractivity contribution in [1.29, 1.82) is 0 Å². The van der Waals surface area contributed by atoms with Crippen molar-refractivity contribution >= 4 is 11.7 Å². The summed E-state index contributed by atoms with van der Waals surface area (Å²) >= 11 is 0. The Morgan fingerprint density at radius 2 is 2.04 bits per heavy atom. The molecule has 0 unspecified atom stereocenters. The predicted octanol–water partition coefficient (Wildman–Crippen LogP) is 1.85. The minimum atomic E-state index is -0.183. The van der Waals surface area contributed by atoms with E-state index in [1.807, 2.05) is 30.3 Å². The number of hydrogen-bond acceptors (Lipinski definition) is 4. The molecule has 126 valence electrons. The lowest BCUT2D eigenvalue weighted by atomic mass is 10.1. The monoisotopic (exact) mass is 326 g/mol. The molecule has 1 aliphatic heterocycles. The third-order valence-electron chi connectivity index (χ3n) is 4.21. The number of ketones is 1. The highest BCUT2D eigenvalue weighted by Crippen LogP contribution is 2.17. The van der Waals surface area contributed by atoms with Gasteiger partial charge in [0.25, 0.3) is 5.91 Å². The van der Waals surface area contributed by atoms with Gasteiger partial charge < -0.3 is 10.6 Å². The predicted molar refractivity (Wildman–Crippen MR) is 90.6 cm³/mol. The second-order valence-corrected chi connectivity index (χ2v) is 6.02. The molecular formula is C18H22N4O2. The molecule has 0 saturated carbocycles. The number of benzene rings is 1. The Morgan fingerprint density at radius 1 is 1.25 bits per heavy atom. The average molecular weight is 326 g/mol. The van der Waals surface area contributed by atoms with E-state index in [1.54, 1.807) is 15.6 Å². The first-order chi connectivity index (χ1) is 11.7. The Bertz CT molecular complexity index is 724. The van der Waals surface area contributed by atoms with Crippen LogP contribution in [-0.4, -0.2) is 39.5 Å². The van der Waals surface area contributed by atoms with Crippen LogP contribution in [0.1, 0.15) is 45.8 Å². The fraction of sp³-hybridized carbons (Fsp3) is 0.389. The fourth-order valence-electron chi connectivity index (χ4n) is 2.97. The van der Waals surface area contributed by atoms with E-state index in [-0.39, 0.29) is 11.7 Å². The molecule has 0 atom stereocenters. The van der Waals surface area contributed by atoms with E-state index >= 15 is 0 Å². The van der Waals surface area contributed by atoms with Crippen molar-refractivity contribution in [3.05, 3.63) is 53.3 Å². The number of aryl methyl sites for hydroxylation is 1. The Morgan fingerprint density at radius 3 is 2.79 bits per heavy atom. The Kier molecular flexibility index (Phi) is 5.05. The van der Waals surface area contributed by atoms with Crippen LogP contribution in [-0.2, 0) is 13.1 Å². The molecule has 1 aromatic carbocycles. The van der Waals surface area contributed by atoms with Crippen LogP contribution >= 0.6 is 0 Å².